The van der Waals surface area contributed by atoms with E-state index in [0.717, 1.165) is 12.8 Å². The van der Waals surface area contributed by atoms with E-state index in [1.54, 1.807) is 0 Å². The number of aromatic nitrogens is 2. The third-order valence-electron chi connectivity index (χ3n) is 2.57. The number of carbonyl (C=O) groups is 1. The predicted octanol–water partition coefficient (Wildman–Crippen LogP) is 1.63. The molecule has 0 bridgehead atoms. The number of carbonyl (C=O) groups excluding carboxylic acids is 1. The monoisotopic (exact) mass is 282 g/mol. The van der Waals surface area contributed by atoms with Gasteiger partial charge in [-0.05, 0) is 26.3 Å². The average Bonchev–Trinajstić information content (AvgIpc) is 2.42. The second kappa shape index (κ2) is 8.47. The van der Waals surface area contributed by atoms with Gasteiger partial charge in [-0.15, -0.1) is 0 Å². The summed E-state index contributed by atoms with van der Waals surface area (Å²) in [6.07, 6.45) is 1.89. The van der Waals surface area contributed by atoms with Gasteiger partial charge in [-0.25, -0.2) is 9.48 Å². The topological polar surface area (TPSA) is 70.4 Å². The van der Waals surface area contributed by atoms with Crippen LogP contribution in [-0.4, -0.2) is 35.1 Å². The molecule has 6 nitrogen and oxygen atoms in total. The Morgan fingerprint density at radius 2 is 2.10 bits per heavy atom. The van der Waals surface area contributed by atoms with Crippen molar-refractivity contribution >= 4 is 5.97 Å². The van der Waals surface area contributed by atoms with Crippen molar-refractivity contribution in [3.63, 3.8) is 0 Å². The molecule has 1 aromatic heterocycles. The van der Waals surface area contributed by atoms with Crippen LogP contribution in [0.2, 0.25) is 0 Å². The highest BCUT2D eigenvalue weighted by Gasteiger charge is 2.11. The Kier molecular flexibility index (Phi) is 6.93. The van der Waals surface area contributed by atoms with Crippen LogP contribution in [0.3, 0.4) is 0 Å². The number of rotatable bonds is 8. The number of nitrogens with zero attached hydrogens (tertiary/aromatic N) is 2. The van der Waals surface area contributed by atoms with Gasteiger partial charge in [0.05, 0.1) is 12.7 Å². The van der Waals surface area contributed by atoms with Crippen molar-refractivity contribution in [1.29, 1.82) is 0 Å². The van der Waals surface area contributed by atoms with Crippen LogP contribution in [0.15, 0.2) is 16.9 Å². The van der Waals surface area contributed by atoms with Gasteiger partial charge in [0.25, 0.3) is 5.56 Å². The first-order chi connectivity index (χ1) is 9.54. The zero-order valence-electron chi connectivity index (χ0n) is 12.3. The lowest BCUT2D eigenvalue weighted by Crippen LogP contribution is -2.25. The Labute approximate surface area is 118 Å². The summed E-state index contributed by atoms with van der Waals surface area (Å²) in [5.74, 6) is -0.539. The van der Waals surface area contributed by atoms with Crippen molar-refractivity contribution in [3.8, 4) is 0 Å². The zero-order valence-corrected chi connectivity index (χ0v) is 12.3. The van der Waals surface area contributed by atoms with E-state index in [1.165, 1.54) is 16.8 Å². The van der Waals surface area contributed by atoms with E-state index in [4.69, 9.17) is 9.47 Å². The van der Waals surface area contributed by atoms with E-state index in [1.807, 2.05) is 20.8 Å². The Bertz CT molecular complexity index is 482. The minimum atomic E-state index is -0.539. The van der Waals surface area contributed by atoms with Crippen LogP contribution >= 0.6 is 0 Å². The second-order valence-electron chi connectivity index (χ2n) is 4.69. The molecule has 20 heavy (non-hydrogen) atoms. The number of hydrogen-bond acceptors (Lipinski definition) is 5. The maximum Gasteiger partial charge on any atom is 0.358 e. The Morgan fingerprint density at radius 3 is 2.75 bits per heavy atom. The molecule has 0 fully saturated rings. The van der Waals surface area contributed by atoms with E-state index < -0.39 is 5.97 Å². The number of aryl methyl sites for hydroxylation is 1. The summed E-state index contributed by atoms with van der Waals surface area (Å²) in [6, 6.07) is 2.72. The van der Waals surface area contributed by atoms with Crippen LogP contribution in [0.5, 0.6) is 0 Å². The zero-order chi connectivity index (χ0) is 15.0. The van der Waals surface area contributed by atoms with Gasteiger partial charge < -0.3 is 9.47 Å². The number of hydrogen-bond donors (Lipinski definition) is 0. The first kappa shape index (κ1) is 16.4. The molecule has 0 radical (unpaired) electrons. The summed E-state index contributed by atoms with van der Waals surface area (Å²) in [7, 11) is 0. The molecule has 1 aromatic rings. The van der Waals surface area contributed by atoms with Crippen LogP contribution in [-0.2, 0) is 16.0 Å². The molecule has 0 saturated carbocycles. The van der Waals surface area contributed by atoms with Gasteiger partial charge in [0.2, 0.25) is 0 Å². The highest BCUT2D eigenvalue weighted by atomic mass is 16.6. The molecule has 112 valence electrons. The molecule has 0 unspecified atom stereocenters. The minimum absolute atomic E-state index is 0.0998. The van der Waals surface area contributed by atoms with E-state index in [-0.39, 0.29) is 24.0 Å². The van der Waals surface area contributed by atoms with Gasteiger partial charge in [-0.1, -0.05) is 13.3 Å². The molecular weight excluding hydrogens is 260 g/mol. The fourth-order valence-corrected chi connectivity index (χ4v) is 1.52. The van der Waals surface area contributed by atoms with Crippen molar-refractivity contribution in [2.24, 2.45) is 0 Å². The fourth-order valence-electron chi connectivity index (χ4n) is 1.52. The van der Waals surface area contributed by atoms with Gasteiger partial charge in [0, 0.05) is 12.6 Å². The molecule has 0 aliphatic rings. The lowest BCUT2D eigenvalue weighted by atomic mass is 10.3. The highest BCUT2D eigenvalue weighted by Crippen LogP contribution is 1.97. The van der Waals surface area contributed by atoms with Crippen LogP contribution in [0.4, 0.5) is 0 Å². The van der Waals surface area contributed by atoms with E-state index in [2.05, 4.69) is 5.10 Å². The summed E-state index contributed by atoms with van der Waals surface area (Å²) in [5, 5.41) is 4.01. The lowest BCUT2D eigenvalue weighted by Gasteiger charge is -2.09. The molecule has 6 heteroatoms. The Hall–Kier alpha value is -1.69. The standard InChI is InChI=1S/C14H22N2O4/c1-4-5-8-16-13(17)7-6-12(15-16)14(18)20-10-9-19-11(2)3/h6-7,11H,4-5,8-10H2,1-3H3. The molecule has 1 rings (SSSR count). The first-order valence-electron chi connectivity index (χ1n) is 6.91. The van der Waals surface area contributed by atoms with Gasteiger partial charge in [-0.2, -0.15) is 5.10 Å². The van der Waals surface area contributed by atoms with Crippen molar-refractivity contribution < 1.29 is 14.3 Å². The summed E-state index contributed by atoms with van der Waals surface area (Å²) < 4.78 is 11.6. The minimum Gasteiger partial charge on any atom is -0.458 e. The third kappa shape index (κ3) is 5.52. The molecule has 0 spiro atoms. The van der Waals surface area contributed by atoms with Crippen molar-refractivity contribution in [2.45, 2.75) is 46.3 Å². The average molecular weight is 282 g/mol. The molecule has 0 aliphatic heterocycles. The van der Waals surface area contributed by atoms with Crippen LogP contribution in [0, 0.1) is 0 Å². The summed E-state index contributed by atoms with van der Waals surface area (Å²) in [4.78, 5) is 23.3. The van der Waals surface area contributed by atoms with Gasteiger partial charge in [0.15, 0.2) is 5.69 Å². The first-order valence-corrected chi connectivity index (χ1v) is 6.91. The van der Waals surface area contributed by atoms with E-state index in [0.29, 0.717) is 13.2 Å². The van der Waals surface area contributed by atoms with Gasteiger partial charge >= 0.3 is 5.97 Å². The van der Waals surface area contributed by atoms with Crippen molar-refractivity contribution in [1.82, 2.24) is 9.78 Å². The molecule has 0 aliphatic carbocycles. The number of esters is 1. The van der Waals surface area contributed by atoms with Gasteiger partial charge in [-0.3, -0.25) is 4.79 Å². The summed E-state index contributed by atoms with van der Waals surface area (Å²) >= 11 is 0. The normalized spacial score (nSPS) is 10.8. The van der Waals surface area contributed by atoms with Gasteiger partial charge in [0.1, 0.15) is 6.61 Å². The molecule has 0 amide bonds. The van der Waals surface area contributed by atoms with Crippen LogP contribution in [0.25, 0.3) is 0 Å². The number of unbranched alkanes of at least 4 members (excludes halogenated alkanes) is 1. The number of ether oxygens (including phenoxy) is 2. The summed E-state index contributed by atoms with van der Waals surface area (Å²) in [5.41, 5.74) is -0.0663. The van der Waals surface area contributed by atoms with Crippen LogP contribution in [0.1, 0.15) is 44.1 Å². The maximum absolute atomic E-state index is 11.8. The Balaban J connectivity index is 2.57. The molecule has 0 aromatic carbocycles. The SMILES string of the molecule is CCCCn1nc(C(=O)OCCOC(C)C)ccc1=O. The quantitative estimate of drug-likeness (QED) is 0.535. The largest absolute Gasteiger partial charge is 0.458 e. The molecule has 0 atom stereocenters. The molecule has 0 N–H and O–H groups in total. The fraction of sp³-hybridized carbons (Fsp3) is 0.643. The van der Waals surface area contributed by atoms with E-state index >= 15 is 0 Å². The molecular formula is C14H22N2O4. The van der Waals surface area contributed by atoms with Crippen molar-refractivity contribution in [3.05, 3.63) is 28.2 Å². The third-order valence-corrected chi connectivity index (χ3v) is 2.57. The molecule has 0 saturated heterocycles. The lowest BCUT2D eigenvalue weighted by molar-refractivity contribution is 0.0170. The van der Waals surface area contributed by atoms with Crippen LogP contribution < -0.4 is 5.56 Å². The summed E-state index contributed by atoms with van der Waals surface area (Å²) in [6.45, 7) is 6.87. The van der Waals surface area contributed by atoms with Crippen molar-refractivity contribution in [2.75, 3.05) is 13.2 Å². The molecule has 1 heterocycles. The second-order valence-corrected chi connectivity index (χ2v) is 4.69. The Morgan fingerprint density at radius 1 is 1.35 bits per heavy atom. The maximum atomic E-state index is 11.8. The van der Waals surface area contributed by atoms with E-state index in [9.17, 15) is 9.59 Å². The highest BCUT2D eigenvalue weighted by molar-refractivity contribution is 5.86. The predicted molar refractivity (Wildman–Crippen MR) is 74.8 cm³/mol. The smallest absolute Gasteiger partial charge is 0.358 e.